The number of rotatable bonds is 5. The Morgan fingerprint density at radius 2 is 2.00 bits per heavy atom. The zero-order valence-electron chi connectivity index (χ0n) is 13.1. The molecule has 0 radical (unpaired) electrons. The molecule has 1 aliphatic rings. The van der Waals surface area contributed by atoms with Gasteiger partial charge in [0, 0.05) is 6.54 Å². The molecule has 0 saturated carbocycles. The second kappa shape index (κ2) is 6.38. The molecule has 0 unspecified atom stereocenters. The van der Waals surface area contributed by atoms with Crippen LogP contribution in [0.4, 0.5) is 11.4 Å². The molecule has 0 aliphatic carbocycles. The Kier molecular flexibility index (Phi) is 4.58. The molecular formula is C15H18N2O4S3. The minimum Gasteiger partial charge on any atom is -0.283 e. The van der Waals surface area contributed by atoms with Gasteiger partial charge in [-0.2, -0.15) is 0 Å². The summed E-state index contributed by atoms with van der Waals surface area (Å²) < 4.78 is 53.4. The van der Waals surface area contributed by atoms with Crippen LogP contribution < -0.4 is 9.03 Å². The van der Waals surface area contributed by atoms with Crippen molar-refractivity contribution in [1.29, 1.82) is 0 Å². The van der Waals surface area contributed by atoms with Crippen LogP contribution in [0.5, 0.6) is 0 Å². The number of hydrogen-bond donors (Lipinski definition) is 1. The fourth-order valence-electron chi connectivity index (χ4n) is 2.62. The van der Waals surface area contributed by atoms with Gasteiger partial charge in [-0.3, -0.25) is 9.03 Å². The van der Waals surface area contributed by atoms with Crippen molar-refractivity contribution in [2.24, 2.45) is 0 Å². The summed E-state index contributed by atoms with van der Waals surface area (Å²) >= 11 is 1.17. The average molecular weight is 387 g/mol. The van der Waals surface area contributed by atoms with Crippen LogP contribution in [0.2, 0.25) is 0 Å². The molecule has 0 amide bonds. The summed E-state index contributed by atoms with van der Waals surface area (Å²) in [7, 11) is -7.03. The maximum Gasteiger partial charge on any atom is 0.273 e. The summed E-state index contributed by atoms with van der Waals surface area (Å²) in [5.41, 5.74) is 1.83. The van der Waals surface area contributed by atoms with Gasteiger partial charge in [0.25, 0.3) is 10.0 Å². The number of benzene rings is 1. The van der Waals surface area contributed by atoms with Gasteiger partial charge >= 0.3 is 0 Å². The van der Waals surface area contributed by atoms with Crippen LogP contribution in [0.15, 0.2) is 39.9 Å². The van der Waals surface area contributed by atoms with E-state index >= 15 is 0 Å². The molecular weight excluding hydrogens is 368 g/mol. The molecule has 1 N–H and O–H groups in total. The summed E-state index contributed by atoms with van der Waals surface area (Å²) in [6, 6.07) is 8.35. The Morgan fingerprint density at radius 3 is 2.67 bits per heavy atom. The number of thiophene rings is 1. The fraction of sp³-hybridized carbons (Fsp3) is 0.333. The summed E-state index contributed by atoms with van der Waals surface area (Å²) in [6.45, 7) is 1.94. The number of hydrogen-bond acceptors (Lipinski definition) is 5. The van der Waals surface area contributed by atoms with Crippen molar-refractivity contribution in [1.82, 2.24) is 0 Å². The van der Waals surface area contributed by atoms with E-state index in [0.29, 0.717) is 17.9 Å². The summed E-state index contributed by atoms with van der Waals surface area (Å²) in [5, 5.41) is 1.73. The Labute approximate surface area is 146 Å². The summed E-state index contributed by atoms with van der Waals surface area (Å²) in [6.07, 6.45) is 1.50. The standard InChI is InChI=1S/C15H18N2O4S3/c1-2-23(18,19)16-13-8-7-12-5-3-9-17(14(12)11-13)24(20,21)15-6-4-10-22-15/h4,6-8,10-11,16H,2-3,5,9H2,1H3. The van der Waals surface area contributed by atoms with E-state index in [4.69, 9.17) is 0 Å². The molecule has 9 heteroatoms. The highest BCUT2D eigenvalue weighted by Crippen LogP contribution is 2.35. The van der Waals surface area contributed by atoms with Crippen molar-refractivity contribution < 1.29 is 16.8 Å². The van der Waals surface area contributed by atoms with E-state index in [2.05, 4.69) is 4.72 Å². The monoisotopic (exact) mass is 386 g/mol. The number of nitrogens with one attached hydrogen (secondary N) is 1. The van der Waals surface area contributed by atoms with Gasteiger partial charge < -0.3 is 0 Å². The van der Waals surface area contributed by atoms with Crippen molar-refractivity contribution >= 4 is 42.8 Å². The minimum atomic E-state index is -3.62. The molecule has 0 atom stereocenters. The molecule has 1 aromatic carbocycles. The number of fused-ring (bicyclic) bond motifs is 1. The topological polar surface area (TPSA) is 83.6 Å². The molecule has 6 nitrogen and oxygen atoms in total. The number of anilines is 2. The number of nitrogens with zero attached hydrogens (tertiary/aromatic N) is 1. The van der Waals surface area contributed by atoms with E-state index < -0.39 is 20.0 Å². The van der Waals surface area contributed by atoms with Gasteiger partial charge in [0.05, 0.1) is 17.1 Å². The number of aryl methyl sites for hydroxylation is 1. The van der Waals surface area contributed by atoms with Crippen molar-refractivity contribution in [2.45, 2.75) is 24.0 Å². The van der Waals surface area contributed by atoms with Gasteiger partial charge in [-0.05, 0) is 48.9 Å². The first-order valence-corrected chi connectivity index (χ1v) is 11.5. The minimum absolute atomic E-state index is 0.0404. The van der Waals surface area contributed by atoms with E-state index in [1.54, 1.807) is 42.6 Å². The van der Waals surface area contributed by atoms with Crippen LogP contribution in [0.3, 0.4) is 0 Å². The van der Waals surface area contributed by atoms with E-state index in [0.717, 1.165) is 18.4 Å². The highest BCUT2D eigenvalue weighted by atomic mass is 32.2. The molecule has 0 spiro atoms. The average Bonchev–Trinajstić information content (AvgIpc) is 3.09. The SMILES string of the molecule is CCS(=O)(=O)Nc1ccc2c(c1)N(S(=O)(=O)c1cccs1)CCC2. The summed E-state index contributed by atoms with van der Waals surface area (Å²) in [4.78, 5) is 0. The van der Waals surface area contributed by atoms with E-state index in [-0.39, 0.29) is 9.96 Å². The molecule has 0 bridgehead atoms. The Morgan fingerprint density at radius 1 is 1.21 bits per heavy atom. The molecule has 2 aromatic rings. The quantitative estimate of drug-likeness (QED) is 0.856. The maximum absolute atomic E-state index is 12.9. The highest BCUT2D eigenvalue weighted by molar-refractivity contribution is 7.94. The molecule has 1 aliphatic heterocycles. The fourth-order valence-corrected chi connectivity index (χ4v) is 5.89. The first-order chi connectivity index (χ1) is 11.3. The van der Waals surface area contributed by atoms with Gasteiger partial charge in [-0.15, -0.1) is 11.3 Å². The van der Waals surface area contributed by atoms with Gasteiger partial charge in [-0.1, -0.05) is 12.1 Å². The maximum atomic E-state index is 12.9. The van der Waals surface area contributed by atoms with E-state index in [9.17, 15) is 16.8 Å². The molecule has 2 heterocycles. The molecule has 1 aromatic heterocycles. The van der Waals surface area contributed by atoms with E-state index in [1.165, 1.54) is 15.6 Å². The second-order valence-electron chi connectivity index (χ2n) is 5.46. The van der Waals surface area contributed by atoms with Crippen molar-refractivity contribution in [3.05, 3.63) is 41.3 Å². The van der Waals surface area contributed by atoms with Crippen LogP contribution in [0.25, 0.3) is 0 Å². The van der Waals surface area contributed by atoms with Crippen LogP contribution >= 0.6 is 11.3 Å². The summed E-state index contributed by atoms with van der Waals surface area (Å²) in [5.74, 6) is -0.0404. The molecule has 0 saturated heterocycles. The molecule has 130 valence electrons. The van der Waals surface area contributed by atoms with Crippen LogP contribution in [0.1, 0.15) is 18.9 Å². The molecule has 3 rings (SSSR count). The van der Waals surface area contributed by atoms with Crippen molar-refractivity contribution in [2.75, 3.05) is 21.3 Å². The lowest BCUT2D eigenvalue weighted by Crippen LogP contribution is -2.35. The first-order valence-electron chi connectivity index (χ1n) is 7.53. The number of sulfonamides is 2. The van der Waals surface area contributed by atoms with Crippen LogP contribution in [0, 0.1) is 0 Å². The first kappa shape index (κ1) is 17.2. The van der Waals surface area contributed by atoms with Crippen molar-refractivity contribution in [3.63, 3.8) is 0 Å². The van der Waals surface area contributed by atoms with Gasteiger partial charge in [-0.25, -0.2) is 16.8 Å². The lowest BCUT2D eigenvalue weighted by molar-refractivity contribution is 0.588. The van der Waals surface area contributed by atoms with Gasteiger partial charge in [0.2, 0.25) is 10.0 Å². The van der Waals surface area contributed by atoms with Crippen molar-refractivity contribution in [3.8, 4) is 0 Å². The predicted molar refractivity (Wildman–Crippen MR) is 96.7 cm³/mol. The van der Waals surface area contributed by atoms with E-state index in [1.807, 2.05) is 0 Å². The van der Waals surface area contributed by atoms with Gasteiger partial charge in [0.1, 0.15) is 4.21 Å². The van der Waals surface area contributed by atoms with Gasteiger partial charge in [0.15, 0.2) is 0 Å². The zero-order valence-corrected chi connectivity index (χ0v) is 15.5. The third-order valence-corrected chi connectivity index (χ3v) is 8.35. The predicted octanol–water partition coefficient (Wildman–Crippen LogP) is 2.65. The largest absolute Gasteiger partial charge is 0.283 e. The third-order valence-electron chi connectivity index (χ3n) is 3.85. The Balaban J connectivity index is 2.03. The second-order valence-corrected chi connectivity index (χ2v) is 10.5. The zero-order chi connectivity index (χ0) is 17.4. The smallest absolute Gasteiger partial charge is 0.273 e. The van der Waals surface area contributed by atoms with Crippen LogP contribution in [-0.4, -0.2) is 29.1 Å². The Bertz CT molecular complexity index is 935. The lowest BCUT2D eigenvalue weighted by atomic mass is 10.0. The molecule has 0 fully saturated rings. The Hall–Kier alpha value is -1.58. The normalized spacial score (nSPS) is 15.1. The molecule has 24 heavy (non-hydrogen) atoms. The van der Waals surface area contributed by atoms with Crippen LogP contribution in [-0.2, 0) is 26.5 Å². The lowest BCUT2D eigenvalue weighted by Gasteiger charge is -2.30. The third kappa shape index (κ3) is 3.28. The highest BCUT2D eigenvalue weighted by Gasteiger charge is 2.30.